The average Bonchev–Trinajstić information content (AvgIpc) is 2.93. The molecule has 0 spiro atoms. The number of hydrogen-bond donors (Lipinski definition) is 2. The Kier molecular flexibility index (Phi) is 5.71. The fraction of sp³-hybridized carbons (Fsp3) is 0.421. The monoisotopic (exact) mass is 346 g/mol. The summed E-state index contributed by atoms with van der Waals surface area (Å²) < 4.78 is 24.4. The number of halogens is 1. The van der Waals surface area contributed by atoms with E-state index in [0.717, 1.165) is 42.7 Å². The van der Waals surface area contributed by atoms with Gasteiger partial charge in [-0.3, -0.25) is 4.79 Å². The Morgan fingerprint density at radius 1 is 1.32 bits per heavy atom. The Balaban J connectivity index is 1.47. The normalized spacial score (nSPS) is 16.6. The van der Waals surface area contributed by atoms with Gasteiger partial charge in [0.25, 0.3) is 5.91 Å². The van der Waals surface area contributed by atoms with Gasteiger partial charge in [-0.25, -0.2) is 4.39 Å². The third-order valence-electron chi connectivity index (χ3n) is 4.34. The van der Waals surface area contributed by atoms with Crippen LogP contribution in [0.25, 0.3) is 0 Å². The van der Waals surface area contributed by atoms with Crippen LogP contribution in [0, 0.1) is 12.7 Å². The molecule has 0 bridgehead atoms. The molecule has 6 heteroatoms. The lowest BCUT2D eigenvalue weighted by Crippen LogP contribution is -2.29. The first-order valence-electron chi connectivity index (χ1n) is 8.63. The first kappa shape index (κ1) is 17.5. The number of fused-ring (bicyclic) bond motifs is 1. The van der Waals surface area contributed by atoms with E-state index < -0.39 is 0 Å². The summed E-state index contributed by atoms with van der Waals surface area (Å²) in [5, 5.41) is 6.29. The van der Waals surface area contributed by atoms with E-state index >= 15 is 0 Å². The van der Waals surface area contributed by atoms with Crippen LogP contribution in [0.1, 0.15) is 47.0 Å². The van der Waals surface area contributed by atoms with E-state index in [1.807, 2.05) is 6.92 Å². The van der Waals surface area contributed by atoms with Crippen LogP contribution < -0.4 is 15.4 Å². The maximum atomic E-state index is 13.6. The molecule has 1 aliphatic rings. The van der Waals surface area contributed by atoms with Crippen LogP contribution in [0.15, 0.2) is 34.9 Å². The van der Waals surface area contributed by atoms with Gasteiger partial charge in [-0.15, -0.1) is 0 Å². The van der Waals surface area contributed by atoms with Crippen molar-refractivity contribution in [2.75, 3.05) is 19.7 Å². The largest absolute Gasteiger partial charge is 0.493 e. The van der Waals surface area contributed by atoms with Crippen LogP contribution >= 0.6 is 0 Å². The van der Waals surface area contributed by atoms with Crippen LogP contribution in [0.2, 0.25) is 0 Å². The molecule has 2 heterocycles. The topological polar surface area (TPSA) is 63.5 Å². The zero-order valence-electron chi connectivity index (χ0n) is 14.3. The molecule has 25 heavy (non-hydrogen) atoms. The number of carbonyl (C=O) groups is 1. The predicted octanol–water partition coefficient (Wildman–Crippen LogP) is 3.35. The number of ether oxygens (including phenoxy) is 1. The summed E-state index contributed by atoms with van der Waals surface area (Å²) in [7, 11) is 0. The third-order valence-corrected chi connectivity index (χ3v) is 4.34. The van der Waals surface area contributed by atoms with Crippen LogP contribution in [0.3, 0.4) is 0 Å². The zero-order valence-corrected chi connectivity index (χ0v) is 14.3. The minimum absolute atomic E-state index is 0.0659. The molecule has 2 N–H and O–H groups in total. The number of benzene rings is 1. The first-order valence-corrected chi connectivity index (χ1v) is 8.63. The maximum absolute atomic E-state index is 13.6. The number of nitrogens with one attached hydrogen (secondary N) is 2. The van der Waals surface area contributed by atoms with E-state index in [9.17, 15) is 9.18 Å². The van der Waals surface area contributed by atoms with E-state index in [1.54, 1.807) is 18.2 Å². The number of amides is 1. The van der Waals surface area contributed by atoms with Crippen molar-refractivity contribution < 1.29 is 18.3 Å². The third kappa shape index (κ3) is 4.39. The maximum Gasteiger partial charge on any atom is 0.287 e. The Labute approximate surface area is 146 Å². The van der Waals surface area contributed by atoms with Crippen molar-refractivity contribution in [2.45, 2.75) is 32.2 Å². The number of furan rings is 1. The molecular weight excluding hydrogens is 323 g/mol. The van der Waals surface area contributed by atoms with E-state index in [4.69, 9.17) is 9.15 Å². The molecule has 1 aromatic heterocycles. The zero-order chi connectivity index (χ0) is 17.6. The Bertz CT molecular complexity index is 729. The van der Waals surface area contributed by atoms with Gasteiger partial charge in [0.1, 0.15) is 11.6 Å². The molecule has 5 nitrogen and oxygen atoms in total. The van der Waals surface area contributed by atoms with Crippen molar-refractivity contribution in [1.82, 2.24) is 10.6 Å². The van der Waals surface area contributed by atoms with Crippen molar-refractivity contribution in [3.8, 4) is 5.75 Å². The summed E-state index contributed by atoms with van der Waals surface area (Å²) in [4.78, 5) is 12.0. The average molecular weight is 346 g/mol. The fourth-order valence-corrected chi connectivity index (χ4v) is 3.01. The summed E-state index contributed by atoms with van der Waals surface area (Å²) in [5.41, 5.74) is 1.69. The highest BCUT2D eigenvalue weighted by Crippen LogP contribution is 2.31. The van der Waals surface area contributed by atoms with Gasteiger partial charge in [0, 0.05) is 23.7 Å². The van der Waals surface area contributed by atoms with Gasteiger partial charge in [-0.05, 0) is 57.0 Å². The molecule has 0 aliphatic carbocycles. The van der Waals surface area contributed by atoms with Crippen molar-refractivity contribution in [3.05, 3.63) is 53.2 Å². The molecule has 0 saturated heterocycles. The molecule has 1 aliphatic heterocycles. The highest BCUT2D eigenvalue weighted by molar-refractivity contribution is 5.92. The summed E-state index contributed by atoms with van der Waals surface area (Å²) >= 11 is 0. The molecule has 0 fully saturated rings. The minimum atomic E-state index is -0.253. The van der Waals surface area contributed by atoms with E-state index in [2.05, 4.69) is 10.6 Å². The van der Waals surface area contributed by atoms with E-state index in [1.165, 1.54) is 12.3 Å². The van der Waals surface area contributed by atoms with Crippen LogP contribution in [-0.4, -0.2) is 25.6 Å². The lowest BCUT2D eigenvalue weighted by Gasteiger charge is -2.18. The second-order valence-electron chi connectivity index (χ2n) is 6.22. The predicted molar refractivity (Wildman–Crippen MR) is 92.3 cm³/mol. The second kappa shape index (κ2) is 8.16. The summed E-state index contributed by atoms with van der Waals surface area (Å²) in [5.74, 6) is 0.659. The van der Waals surface area contributed by atoms with Gasteiger partial charge >= 0.3 is 0 Å². The van der Waals surface area contributed by atoms with Crippen LogP contribution in [-0.2, 0) is 0 Å². The molecule has 1 unspecified atom stereocenters. The second-order valence-corrected chi connectivity index (χ2v) is 6.22. The standard InChI is InChI=1S/C19H23FN2O3/c1-13-7-11-25-18(13)19(23)22-9-3-8-21-16-4-2-10-24-17-6-5-14(20)12-15(16)17/h5-7,11-12,16,21H,2-4,8-10H2,1H3,(H,22,23). The van der Waals surface area contributed by atoms with Gasteiger partial charge in [-0.1, -0.05) is 0 Å². The van der Waals surface area contributed by atoms with Crippen molar-refractivity contribution >= 4 is 5.91 Å². The van der Waals surface area contributed by atoms with E-state index in [0.29, 0.717) is 18.9 Å². The van der Waals surface area contributed by atoms with Crippen LogP contribution in [0.5, 0.6) is 5.75 Å². The number of carbonyl (C=O) groups excluding carboxylic acids is 1. The SMILES string of the molecule is Cc1ccoc1C(=O)NCCCNC1CCCOc2ccc(F)cc21. The number of hydrogen-bond acceptors (Lipinski definition) is 4. The lowest BCUT2D eigenvalue weighted by molar-refractivity contribution is 0.0924. The Hall–Kier alpha value is -2.34. The molecule has 0 radical (unpaired) electrons. The summed E-state index contributed by atoms with van der Waals surface area (Å²) in [6, 6.07) is 6.49. The van der Waals surface area contributed by atoms with Gasteiger partial charge in [0.15, 0.2) is 5.76 Å². The van der Waals surface area contributed by atoms with Crippen molar-refractivity contribution in [2.24, 2.45) is 0 Å². The molecule has 1 aromatic carbocycles. The van der Waals surface area contributed by atoms with Gasteiger partial charge in [0.05, 0.1) is 12.9 Å². The first-order chi connectivity index (χ1) is 12.1. The van der Waals surface area contributed by atoms with Gasteiger partial charge in [0.2, 0.25) is 0 Å². The summed E-state index contributed by atoms with van der Waals surface area (Å²) in [6.45, 7) is 3.75. The number of rotatable bonds is 6. The molecule has 0 saturated carbocycles. The smallest absolute Gasteiger partial charge is 0.287 e. The van der Waals surface area contributed by atoms with Crippen molar-refractivity contribution in [3.63, 3.8) is 0 Å². The highest BCUT2D eigenvalue weighted by Gasteiger charge is 2.20. The molecule has 1 atom stereocenters. The van der Waals surface area contributed by atoms with Gasteiger partial charge < -0.3 is 19.8 Å². The molecule has 2 aromatic rings. The fourth-order valence-electron chi connectivity index (χ4n) is 3.01. The molecule has 3 rings (SSSR count). The lowest BCUT2D eigenvalue weighted by atomic mass is 10.0. The quantitative estimate of drug-likeness (QED) is 0.788. The molecule has 134 valence electrons. The van der Waals surface area contributed by atoms with E-state index in [-0.39, 0.29) is 17.8 Å². The van der Waals surface area contributed by atoms with Gasteiger partial charge in [-0.2, -0.15) is 0 Å². The molecular formula is C19H23FN2O3. The minimum Gasteiger partial charge on any atom is -0.493 e. The Morgan fingerprint density at radius 3 is 3.00 bits per heavy atom. The Morgan fingerprint density at radius 2 is 2.20 bits per heavy atom. The number of aryl methyl sites for hydroxylation is 1. The molecule has 1 amide bonds. The summed E-state index contributed by atoms with van der Waals surface area (Å²) in [6.07, 6.45) is 4.10. The highest BCUT2D eigenvalue weighted by atomic mass is 19.1. The van der Waals surface area contributed by atoms with Crippen molar-refractivity contribution in [1.29, 1.82) is 0 Å². The van der Waals surface area contributed by atoms with Crippen LogP contribution in [0.4, 0.5) is 4.39 Å².